The molecule has 0 unspecified atom stereocenters. The number of carbonyl (C=O) groups excluding carboxylic acids is 1. The van der Waals surface area contributed by atoms with Gasteiger partial charge in [-0.1, -0.05) is 112 Å². The molecule has 2 atom stereocenters. The molecule has 1 amide bonds. The Balaban J connectivity index is 1.80. The molecule has 0 radical (unpaired) electrons. The normalized spacial score (nSPS) is 19.0. The SMILES string of the molecule is CC(C)(C)[Si](C)(C)O[C@H]1C(=O)N[C@@H]1SC(c1ccccc1)(c1ccccc1)c1ccccc1. The van der Waals surface area contributed by atoms with Crippen molar-refractivity contribution in [3.63, 3.8) is 0 Å². The molecule has 5 heteroatoms. The van der Waals surface area contributed by atoms with Crippen LogP contribution in [0.5, 0.6) is 0 Å². The van der Waals surface area contributed by atoms with E-state index in [1.165, 1.54) is 16.7 Å². The van der Waals surface area contributed by atoms with Gasteiger partial charge in [0.15, 0.2) is 14.4 Å². The Bertz CT molecular complexity index is 984. The fourth-order valence-electron chi connectivity index (χ4n) is 3.95. The molecule has 0 saturated carbocycles. The number of nitrogens with one attached hydrogen (secondary N) is 1. The van der Waals surface area contributed by atoms with Crippen molar-refractivity contribution in [1.82, 2.24) is 5.32 Å². The highest BCUT2D eigenvalue weighted by Crippen LogP contribution is 2.52. The molecule has 3 aromatic carbocycles. The van der Waals surface area contributed by atoms with E-state index in [1.807, 2.05) is 18.2 Å². The van der Waals surface area contributed by atoms with Crippen LogP contribution in [0.15, 0.2) is 91.0 Å². The van der Waals surface area contributed by atoms with Crippen molar-refractivity contribution in [3.8, 4) is 0 Å². The van der Waals surface area contributed by atoms with E-state index in [1.54, 1.807) is 11.8 Å². The molecule has 1 aliphatic heterocycles. The van der Waals surface area contributed by atoms with E-state index in [9.17, 15) is 4.79 Å². The molecule has 1 saturated heterocycles. The summed E-state index contributed by atoms with van der Waals surface area (Å²) in [4.78, 5) is 12.7. The predicted molar refractivity (Wildman–Crippen MR) is 141 cm³/mol. The lowest BCUT2D eigenvalue weighted by atomic mass is 9.84. The summed E-state index contributed by atoms with van der Waals surface area (Å²) in [5.74, 6) is -0.0135. The highest BCUT2D eigenvalue weighted by Gasteiger charge is 2.52. The zero-order valence-electron chi connectivity index (χ0n) is 20.0. The molecule has 1 heterocycles. The van der Waals surface area contributed by atoms with Crippen LogP contribution in [0.3, 0.4) is 0 Å². The van der Waals surface area contributed by atoms with Gasteiger partial charge in [0, 0.05) is 0 Å². The number of rotatable bonds is 7. The van der Waals surface area contributed by atoms with Gasteiger partial charge in [0.1, 0.15) is 5.37 Å². The van der Waals surface area contributed by atoms with Crippen molar-refractivity contribution in [2.24, 2.45) is 0 Å². The summed E-state index contributed by atoms with van der Waals surface area (Å²) in [5, 5.41) is 3.04. The molecule has 0 aromatic heterocycles. The third-order valence-electron chi connectivity index (χ3n) is 6.89. The van der Waals surface area contributed by atoms with Crippen LogP contribution in [0.25, 0.3) is 0 Å². The summed E-state index contributed by atoms with van der Waals surface area (Å²) in [7, 11) is -2.11. The van der Waals surface area contributed by atoms with Gasteiger partial charge in [-0.25, -0.2) is 0 Å². The predicted octanol–water partition coefficient (Wildman–Crippen LogP) is 6.56. The Morgan fingerprint density at radius 2 is 1.15 bits per heavy atom. The monoisotopic (exact) mass is 475 g/mol. The number of thioether (sulfide) groups is 1. The first-order valence-electron chi connectivity index (χ1n) is 11.5. The second kappa shape index (κ2) is 9.13. The molecule has 33 heavy (non-hydrogen) atoms. The van der Waals surface area contributed by atoms with E-state index in [0.29, 0.717) is 0 Å². The molecule has 0 aliphatic carbocycles. The molecular weight excluding hydrogens is 442 g/mol. The van der Waals surface area contributed by atoms with E-state index < -0.39 is 19.2 Å². The highest BCUT2D eigenvalue weighted by atomic mass is 32.2. The lowest BCUT2D eigenvalue weighted by molar-refractivity contribution is -0.137. The van der Waals surface area contributed by atoms with Crippen molar-refractivity contribution < 1.29 is 9.22 Å². The molecule has 1 N–H and O–H groups in total. The first-order valence-corrected chi connectivity index (χ1v) is 15.3. The van der Waals surface area contributed by atoms with Gasteiger partial charge in [0.2, 0.25) is 0 Å². The summed E-state index contributed by atoms with van der Waals surface area (Å²) < 4.78 is 6.13. The maximum atomic E-state index is 12.7. The van der Waals surface area contributed by atoms with E-state index in [-0.39, 0.29) is 16.3 Å². The average Bonchev–Trinajstić information content (AvgIpc) is 2.81. The molecular formula is C28H33NO2SSi. The minimum atomic E-state index is -2.11. The number of β-lactam (4-membered cyclic amide) rings is 1. The lowest BCUT2D eigenvalue weighted by Crippen LogP contribution is -2.66. The molecule has 0 bridgehead atoms. The average molecular weight is 476 g/mol. The van der Waals surface area contributed by atoms with Gasteiger partial charge in [-0.15, -0.1) is 11.8 Å². The third kappa shape index (κ3) is 4.54. The maximum Gasteiger partial charge on any atom is 0.251 e. The van der Waals surface area contributed by atoms with Crippen LogP contribution < -0.4 is 5.32 Å². The zero-order valence-corrected chi connectivity index (χ0v) is 21.9. The summed E-state index contributed by atoms with van der Waals surface area (Å²) in [5.41, 5.74) is 3.54. The summed E-state index contributed by atoms with van der Waals surface area (Å²) in [6, 6.07) is 31.7. The number of hydrogen-bond acceptors (Lipinski definition) is 3. The number of amides is 1. The van der Waals surface area contributed by atoms with Gasteiger partial charge in [-0.05, 0) is 34.8 Å². The van der Waals surface area contributed by atoms with Crippen molar-refractivity contribution >= 4 is 26.0 Å². The minimum absolute atomic E-state index is 0.0135. The zero-order chi connectivity index (χ0) is 23.7. The van der Waals surface area contributed by atoms with Crippen molar-refractivity contribution in [2.45, 2.75) is 55.1 Å². The van der Waals surface area contributed by atoms with E-state index >= 15 is 0 Å². The molecule has 3 nitrogen and oxygen atoms in total. The first kappa shape index (κ1) is 23.8. The fraction of sp³-hybridized carbons (Fsp3) is 0.321. The Kier molecular flexibility index (Phi) is 6.58. The Labute approximate surface area is 203 Å². The standard InChI is InChI=1S/C28H33NO2SSi/c1-27(2,3)33(4,5)31-24-25(30)29-26(24)32-28(21-15-9-6-10-16-21,22-17-11-7-12-18-22)23-19-13-8-14-20-23/h6-20,24,26H,1-5H3,(H,29,30)/t24-,26+/m0/s1. The summed E-state index contributed by atoms with van der Waals surface area (Å²) >= 11 is 1.77. The van der Waals surface area contributed by atoms with E-state index in [2.05, 4.69) is 112 Å². The second-order valence-electron chi connectivity index (χ2n) is 10.1. The smallest absolute Gasteiger partial charge is 0.251 e. The first-order chi connectivity index (χ1) is 15.6. The number of benzene rings is 3. The molecule has 172 valence electrons. The summed E-state index contributed by atoms with van der Waals surface area (Å²) in [6.07, 6.45) is -0.452. The van der Waals surface area contributed by atoms with E-state index in [4.69, 9.17) is 4.43 Å². The number of hydrogen-bond donors (Lipinski definition) is 1. The van der Waals surface area contributed by atoms with Gasteiger partial charge < -0.3 is 9.74 Å². The minimum Gasteiger partial charge on any atom is -0.403 e. The van der Waals surface area contributed by atoms with Gasteiger partial charge in [-0.2, -0.15) is 0 Å². The van der Waals surface area contributed by atoms with E-state index in [0.717, 1.165) is 0 Å². The Hall–Kier alpha value is -2.34. The van der Waals surface area contributed by atoms with Crippen molar-refractivity contribution in [2.75, 3.05) is 0 Å². The number of carbonyl (C=O) groups is 1. The topological polar surface area (TPSA) is 38.3 Å². The van der Waals surface area contributed by atoms with Gasteiger partial charge in [0.25, 0.3) is 5.91 Å². The molecule has 4 rings (SSSR count). The quantitative estimate of drug-likeness (QED) is 0.239. The Morgan fingerprint density at radius 1 is 0.758 bits per heavy atom. The maximum absolute atomic E-state index is 12.7. The molecule has 3 aromatic rings. The lowest BCUT2D eigenvalue weighted by Gasteiger charge is -2.48. The van der Waals surface area contributed by atoms with Gasteiger partial charge in [-0.3, -0.25) is 4.79 Å². The van der Waals surface area contributed by atoms with Crippen LogP contribution >= 0.6 is 11.8 Å². The fourth-order valence-corrected chi connectivity index (χ4v) is 6.96. The molecule has 1 aliphatic rings. The third-order valence-corrected chi connectivity index (χ3v) is 13.0. The molecule has 1 fully saturated rings. The van der Waals surface area contributed by atoms with Crippen LogP contribution in [0.1, 0.15) is 37.5 Å². The van der Waals surface area contributed by atoms with Crippen LogP contribution in [0.4, 0.5) is 0 Å². The van der Waals surface area contributed by atoms with Crippen LogP contribution in [-0.4, -0.2) is 25.7 Å². The van der Waals surface area contributed by atoms with Gasteiger partial charge in [0.05, 0.1) is 4.75 Å². The Morgan fingerprint density at radius 3 is 1.48 bits per heavy atom. The largest absolute Gasteiger partial charge is 0.403 e. The van der Waals surface area contributed by atoms with Gasteiger partial charge >= 0.3 is 0 Å². The second-order valence-corrected chi connectivity index (χ2v) is 16.2. The van der Waals surface area contributed by atoms with Crippen LogP contribution in [-0.2, 0) is 14.0 Å². The van der Waals surface area contributed by atoms with Crippen LogP contribution in [0.2, 0.25) is 18.1 Å². The van der Waals surface area contributed by atoms with Crippen LogP contribution in [0, 0.1) is 0 Å². The van der Waals surface area contributed by atoms with Crippen molar-refractivity contribution in [1.29, 1.82) is 0 Å². The molecule has 0 spiro atoms. The van der Waals surface area contributed by atoms with Crippen molar-refractivity contribution in [3.05, 3.63) is 108 Å². The summed E-state index contributed by atoms with van der Waals surface area (Å²) in [6.45, 7) is 11.0. The highest BCUT2D eigenvalue weighted by molar-refractivity contribution is 8.01.